The maximum absolute atomic E-state index is 10.8. The van der Waals surface area contributed by atoms with Crippen LogP contribution in [0.5, 0.6) is 0 Å². The first-order valence-electron chi connectivity index (χ1n) is 6.38. The van der Waals surface area contributed by atoms with Gasteiger partial charge in [0.1, 0.15) is 11.2 Å². The van der Waals surface area contributed by atoms with Gasteiger partial charge in [-0.25, -0.2) is 4.98 Å². The fourth-order valence-electron chi connectivity index (χ4n) is 1.85. The lowest BCUT2D eigenvalue weighted by Gasteiger charge is -2.04. The number of aromatic nitrogens is 5. The highest BCUT2D eigenvalue weighted by molar-refractivity contribution is 9.10. The number of nitro groups is 1. The second kappa shape index (κ2) is 6.42. The van der Waals surface area contributed by atoms with Crippen LogP contribution in [0.1, 0.15) is 5.56 Å². The Morgan fingerprint density at radius 1 is 1.30 bits per heavy atom. The van der Waals surface area contributed by atoms with Crippen LogP contribution in [0.15, 0.2) is 51.2 Å². The normalized spacial score (nSPS) is 10.7. The van der Waals surface area contributed by atoms with Crippen LogP contribution in [-0.4, -0.2) is 30.1 Å². The smallest absolute Gasteiger partial charge is 0.258 e. The van der Waals surface area contributed by atoms with Crippen molar-refractivity contribution >= 4 is 33.4 Å². The van der Waals surface area contributed by atoms with Gasteiger partial charge in [0.2, 0.25) is 5.16 Å². The van der Waals surface area contributed by atoms with Crippen molar-refractivity contribution in [3.63, 3.8) is 0 Å². The Morgan fingerprint density at radius 3 is 2.70 bits per heavy atom. The molecule has 8 nitrogen and oxygen atoms in total. The van der Waals surface area contributed by atoms with Gasteiger partial charge in [-0.3, -0.25) is 10.1 Å². The number of rotatable bonds is 4. The van der Waals surface area contributed by atoms with E-state index in [0.29, 0.717) is 15.7 Å². The monoisotopic (exact) mass is 392 g/mol. The van der Waals surface area contributed by atoms with Crippen LogP contribution in [0.4, 0.5) is 5.69 Å². The number of pyridine rings is 1. The Labute approximate surface area is 143 Å². The first-order valence-corrected chi connectivity index (χ1v) is 7.99. The first kappa shape index (κ1) is 15.6. The zero-order chi connectivity index (χ0) is 16.4. The summed E-state index contributed by atoms with van der Waals surface area (Å²) in [6.07, 6.45) is 1.24. The number of hydrogen-bond donors (Lipinski definition) is 0. The highest BCUT2D eigenvalue weighted by Gasteiger charge is 2.15. The quantitative estimate of drug-likeness (QED) is 0.496. The SMILES string of the molecule is Cc1cc(Sc2nnnn2-c2ccc(Br)cc2)ncc1[N+](=O)[O-]. The maximum atomic E-state index is 10.8. The topological polar surface area (TPSA) is 99.6 Å². The van der Waals surface area contributed by atoms with E-state index in [9.17, 15) is 10.1 Å². The molecule has 3 aromatic rings. The van der Waals surface area contributed by atoms with Crippen LogP contribution in [0, 0.1) is 17.0 Å². The van der Waals surface area contributed by atoms with Gasteiger partial charge in [0.25, 0.3) is 5.69 Å². The summed E-state index contributed by atoms with van der Waals surface area (Å²) >= 11 is 4.61. The van der Waals surface area contributed by atoms with E-state index < -0.39 is 4.92 Å². The van der Waals surface area contributed by atoms with Crippen LogP contribution in [0.3, 0.4) is 0 Å². The highest BCUT2D eigenvalue weighted by Crippen LogP contribution is 2.28. The van der Waals surface area contributed by atoms with Crippen molar-refractivity contribution in [2.75, 3.05) is 0 Å². The third kappa shape index (κ3) is 3.37. The van der Waals surface area contributed by atoms with Crippen LogP contribution < -0.4 is 0 Å². The summed E-state index contributed by atoms with van der Waals surface area (Å²) in [4.78, 5) is 14.5. The lowest BCUT2D eigenvalue weighted by molar-refractivity contribution is -0.385. The van der Waals surface area contributed by atoms with Crippen molar-refractivity contribution in [2.45, 2.75) is 17.1 Å². The molecule has 0 radical (unpaired) electrons. The standard InChI is InChI=1S/C13H9BrN6O2S/c1-8-6-12(15-7-11(8)20(21)22)23-13-16-17-18-19(13)10-4-2-9(14)3-5-10/h2-7H,1H3. The summed E-state index contributed by atoms with van der Waals surface area (Å²) in [5.74, 6) is 0. The molecule has 2 heterocycles. The van der Waals surface area contributed by atoms with Gasteiger partial charge in [-0.2, -0.15) is 4.68 Å². The Bertz CT molecular complexity index is 867. The van der Waals surface area contributed by atoms with E-state index in [4.69, 9.17) is 0 Å². The van der Waals surface area contributed by atoms with Crippen LogP contribution >= 0.6 is 27.7 Å². The van der Waals surface area contributed by atoms with Gasteiger partial charge in [0.05, 0.1) is 10.6 Å². The third-order valence-corrected chi connectivity index (χ3v) is 4.36. The van der Waals surface area contributed by atoms with Gasteiger partial charge in [0, 0.05) is 10.0 Å². The molecule has 0 unspecified atom stereocenters. The van der Waals surface area contributed by atoms with Crippen molar-refractivity contribution in [2.24, 2.45) is 0 Å². The van der Waals surface area contributed by atoms with Crippen molar-refractivity contribution in [1.82, 2.24) is 25.2 Å². The van der Waals surface area contributed by atoms with Crippen molar-refractivity contribution in [3.8, 4) is 5.69 Å². The molecule has 0 N–H and O–H groups in total. The molecule has 0 bridgehead atoms. The van der Waals surface area contributed by atoms with E-state index >= 15 is 0 Å². The zero-order valence-electron chi connectivity index (χ0n) is 11.8. The minimum absolute atomic E-state index is 0.0122. The molecule has 2 aromatic heterocycles. The summed E-state index contributed by atoms with van der Waals surface area (Å²) in [5, 5.41) is 23.6. The van der Waals surface area contributed by atoms with E-state index in [1.807, 2.05) is 24.3 Å². The molecule has 0 fully saturated rings. The van der Waals surface area contributed by atoms with Gasteiger partial charge in [0.15, 0.2) is 0 Å². The fourth-order valence-corrected chi connectivity index (χ4v) is 2.95. The van der Waals surface area contributed by atoms with Gasteiger partial charge in [-0.15, -0.1) is 5.10 Å². The largest absolute Gasteiger partial charge is 0.290 e. The molecule has 0 atom stereocenters. The lowest BCUT2D eigenvalue weighted by atomic mass is 10.3. The van der Waals surface area contributed by atoms with E-state index in [2.05, 4.69) is 36.4 Å². The van der Waals surface area contributed by atoms with Crippen LogP contribution in [0.2, 0.25) is 0 Å². The molecule has 116 valence electrons. The molecule has 0 amide bonds. The molecule has 3 rings (SSSR count). The number of aryl methyl sites for hydroxylation is 1. The number of tetrazole rings is 1. The average Bonchev–Trinajstić information content (AvgIpc) is 2.96. The van der Waals surface area contributed by atoms with E-state index in [1.54, 1.807) is 17.7 Å². The first-order chi connectivity index (χ1) is 11.0. The molecule has 0 aliphatic heterocycles. The Hall–Kier alpha value is -2.33. The summed E-state index contributed by atoms with van der Waals surface area (Å²) in [6, 6.07) is 9.17. The maximum Gasteiger partial charge on any atom is 0.290 e. The highest BCUT2D eigenvalue weighted by atomic mass is 79.9. The minimum Gasteiger partial charge on any atom is -0.258 e. The van der Waals surface area contributed by atoms with Crippen molar-refractivity contribution in [1.29, 1.82) is 0 Å². The predicted molar refractivity (Wildman–Crippen MR) is 86.6 cm³/mol. The fraction of sp³-hybridized carbons (Fsp3) is 0.0769. The zero-order valence-corrected chi connectivity index (χ0v) is 14.2. The van der Waals surface area contributed by atoms with Gasteiger partial charge in [-0.05, 0) is 59.4 Å². The van der Waals surface area contributed by atoms with E-state index in [0.717, 1.165) is 10.2 Å². The lowest BCUT2D eigenvalue weighted by Crippen LogP contribution is -1.99. The van der Waals surface area contributed by atoms with Crippen molar-refractivity contribution in [3.05, 3.63) is 56.7 Å². The molecule has 0 saturated heterocycles. The second-order valence-corrected chi connectivity index (χ2v) is 6.42. The number of nitrogens with zero attached hydrogens (tertiary/aromatic N) is 6. The Kier molecular flexibility index (Phi) is 4.35. The van der Waals surface area contributed by atoms with Crippen molar-refractivity contribution < 1.29 is 4.92 Å². The van der Waals surface area contributed by atoms with E-state index in [-0.39, 0.29) is 5.69 Å². The molecule has 1 aromatic carbocycles. The number of benzene rings is 1. The van der Waals surface area contributed by atoms with Gasteiger partial charge < -0.3 is 0 Å². The summed E-state index contributed by atoms with van der Waals surface area (Å²) in [5.41, 5.74) is 1.33. The Balaban J connectivity index is 1.90. The van der Waals surface area contributed by atoms with E-state index in [1.165, 1.54) is 18.0 Å². The molecular weight excluding hydrogens is 384 g/mol. The average molecular weight is 393 g/mol. The van der Waals surface area contributed by atoms with Gasteiger partial charge in [-0.1, -0.05) is 15.9 Å². The molecular formula is C13H9BrN6O2S. The van der Waals surface area contributed by atoms with Crippen LogP contribution in [0.25, 0.3) is 5.69 Å². The Morgan fingerprint density at radius 2 is 2.04 bits per heavy atom. The molecule has 0 aliphatic rings. The predicted octanol–water partition coefficient (Wildman–Crippen LogP) is 3.19. The molecule has 0 saturated carbocycles. The molecule has 0 spiro atoms. The summed E-state index contributed by atoms with van der Waals surface area (Å²) in [7, 11) is 0. The molecule has 10 heteroatoms. The van der Waals surface area contributed by atoms with Gasteiger partial charge >= 0.3 is 0 Å². The third-order valence-electron chi connectivity index (χ3n) is 2.96. The minimum atomic E-state index is -0.456. The number of halogens is 1. The van der Waals surface area contributed by atoms with Crippen LogP contribution in [-0.2, 0) is 0 Å². The molecule has 23 heavy (non-hydrogen) atoms. The summed E-state index contributed by atoms with van der Waals surface area (Å²) in [6.45, 7) is 1.67. The second-order valence-electron chi connectivity index (χ2n) is 4.52. The summed E-state index contributed by atoms with van der Waals surface area (Å²) < 4.78 is 2.53. The number of hydrogen-bond acceptors (Lipinski definition) is 7. The molecule has 0 aliphatic carbocycles.